The number of carbonyl (C=O) groups is 2. The first-order chi connectivity index (χ1) is 10.5. The molecule has 114 valence electrons. The smallest absolute Gasteiger partial charge is 0.234 e. The van der Waals surface area contributed by atoms with Crippen LogP contribution in [0.2, 0.25) is 0 Å². The van der Waals surface area contributed by atoms with Crippen molar-refractivity contribution in [2.24, 2.45) is 0 Å². The van der Waals surface area contributed by atoms with Crippen LogP contribution in [0.3, 0.4) is 0 Å². The van der Waals surface area contributed by atoms with Crippen LogP contribution >= 0.6 is 27.7 Å². The Hall–Kier alpha value is -1.59. The van der Waals surface area contributed by atoms with E-state index >= 15 is 0 Å². The molecule has 0 unspecified atom stereocenters. The van der Waals surface area contributed by atoms with Crippen LogP contribution in [0.4, 0.5) is 5.69 Å². The van der Waals surface area contributed by atoms with E-state index in [0.29, 0.717) is 17.0 Å². The standard InChI is InChI=1S/C17H16BrNO2S/c1-12(20)14-5-3-7-16(9-14)19-17(21)11-22-10-13-4-2-6-15(18)8-13/h2-9H,10-11H2,1H3,(H,19,21). The molecule has 0 aliphatic heterocycles. The fourth-order valence-corrected chi connectivity index (χ4v) is 3.12. The Labute approximate surface area is 142 Å². The van der Waals surface area contributed by atoms with E-state index < -0.39 is 0 Å². The maximum absolute atomic E-state index is 11.9. The number of carbonyl (C=O) groups excluding carboxylic acids is 2. The average molecular weight is 378 g/mol. The van der Waals surface area contributed by atoms with Crippen LogP contribution in [-0.2, 0) is 10.5 Å². The Kier molecular flexibility index (Phi) is 6.21. The van der Waals surface area contributed by atoms with Crippen LogP contribution < -0.4 is 5.32 Å². The zero-order valence-electron chi connectivity index (χ0n) is 12.1. The van der Waals surface area contributed by atoms with Gasteiger partial charge in [-0.15, -0.1) is 11.8 Å². The first-order valence-electron chi connectivity index (χ1n) is 6.77. The van der Waals surface area contributed by atoms with Gasteiger partial charge in [0.05, 0.1) is 5.75 Å². The third-order valence-electron chi connectivity index (χ3n) is 2.94. The molecule has 0 saturated heterocycles. The zero-order valence-corrected chi connectivity index (χ0v) is 14.5. The molecule has 3 nitrogen and oxygen atoms in total. The minimum Gasteiger partial charge on any atom is -0.325 e. The highest BCUT2D eigenvalue weighted by Gasteiger charge is 2.05. The van der Waals surface area contributed by atoms with E-state index in [0.717, 1.165) is 10.2 Å². The average Bonchev–Trinajstić information content (AvgIpc) is 2.47. The van der Waals surface area contributed by atoms with Crippen LogP contribution in [0, 0.1) is 0 Å². The predicted octanol–water partition coefficient (Wildman–Crippen LogP) is 4.52. The number of halogens is 1. The van der Waals surface area contributed by atoms with E-state index in [-0.39, 0.29) is 11.7 Å². The highest BCUT2D eigenvalue weighted by atomic mass is 79.9. The van der Waals surface area contributed by atoms with Gasteiger partial charge in [-0.3, -0.25) is 9.59 Å². The second-order valence-electron chi connectivity index (χ2n) is 4.81. The van der Waals surface area contributed by atoms with Crippen LogP contribution in [0.1, 0.15) is 22.8 Å². The molecule has 0 spiro atoms. The summed E-state index contributed by atoms with van der Waals surface area (Å²) in [6, 6.07) is 15.0. The summed E-state index contributed by atoms with van der Waals surface area (Å²) in [5.74, 6) is 1.07. The molecule has 5 heteroatoms. The molecular formula is C17H16BrNO2S. The van der Waals surface area contributed by atoms with Crippen molar-refractivity contribution in [1.29, 1.82) is 0 Å². The number of nitrogens with one attached hydrogen (secondary N) is 1. The normalized spacial score (nSPS) is 10.3. The Balaban J connectivity index is 1.83. The van der Waals surface area contributed by atoms with E-state index in [2.05, 4.69) is 21.2 Å². The van der Waals surface area contributed by atoms with Crippen molar-refractivity contribution in [1.82, 2.24) is 0 Å². The molecule has 0 aliphatic rings. The summed E-state index contributed by atoms with van der Waals surface area (Å²) in [5.41, 5.74) is 2.42. The van der Waals surface area contributed by atoms with Gasteiger partial charge in [-0.1, -0.05) is 40.2 Å². The van der Waals surface area contributed by atoms with Gasteiger partial charge in [0.1, 0.15) is 0 Å². The first kappa shape index (κ1) is 16.8. The summed E-state index contributed by atoms with van der Waals surface area (Å²) in [4.78, 5) is 23.2. The molecule has 0 atom stereocenters. The molecule has 1 amide bonds. The van der Waals surface area contributed by atoms with E-state index in [1.807, 2.05) is 24.3 Å². The van der Waals surface area contributed by atoms with E-state index in [4.69, 9.17) is 0 Å². The van der Waals surface area contributed by atoms with Crippen LogP contribution in [-0.4, -0.2) is 17.4 Å². The molecule has 0 radical (unpaired) electrons. The molecule has 0 saturated carbocycles. The van der Waals surface area contributed by atoms with Gasteiger partial charge in [-0.05, 0) is 36.8 Å². The van der Waals surface area contributed by atoms with Crippen LogP contribution in [0.25, 0.3) is 0 Å². The number of amides is 1. The number of ketones is 1. The maximum Gasteiger partial charge on any atom is 0.234 e. The highest BCUT2D eigenvalue weighted by Crippen LogP contribution is 2.17. The van der Waals surface area contributed by atoms with Crippen molar-refractivity contribution >= 4 is 45.1 Å². The molecule has 0 heterocycles. The lowest BCUT2D eigenvalue weighted by atomic mass is 10.1. The molecular weight excluding hydrogens is 362 g/mol. The van der Waals surface area contributed by atoms with Crippen molar-refractivity contribution in [2.75, 3.05) is 11.1 Å². The topological polar surface area (TPSA) is 46.2 Å². The number of hydrogen-bond donors (Lipinski definition) is 1. The van der Waals surface area contributed by atoms with Gasteiger partial charge >= 0.3 is 0 Å². The van der Waals surface area contributed by atoms with Crippen LogP contribution in [0.5, 0.6) is 0 Å². The predicted molar refractivity (Wildman–Crippen MR) is 95.4 cm³/mol. The quantitative estimate of drug-likeness (QED) is 0.752. The van der Waals surface area contributed by atoms with Gasteiger partial charge in [0, 0.05) is 21.5 Å². The fourth-order valence-electron chi connectivity index (χ4n) is 1.90. The van der Waals surface area contributed by atoms with Gasteiger partial charge < -0.3 is 5.32 Å². The summed E-state index contributed by atoms with van der Waals surface area (Å²) in [6.45, 7) is 1.51. The van der Waals surface area contributed by atoms with E-state index in [1.54, 1.807) is 36.0 Å². The minimum absolute atomic E-state index is 0.0138. The monoisotopic (exact) mass is 377 g/mol. The first-order valence-corrected chi connectivity index (χ1v) is 8.72. The van der Waals surface area contributed by atoms with Crippen LogP contribution in [0.15, 0.2) is 53.0 Å². The summed E-state index contributed by atoms with van der Waals surface area (Å²) in [5, 5.41) is 2.81. The summed E-state index contributed by atoms with van der Waals surface area (Å²) in [7, 11) is 0. The van der Waals surface area contributed by atoms with E-state index in [9.17, 15) is 9.59 Å². The number of benzene rings is 2. The molecule has 2 aromatic rings. The molecule has 1 N–H and O–H groups in total. The number of hydrogen-bond acceptors (Lipinski definition) is 3. The lowest BCUT2D eigenvalue weighted by Crippen LogP contribution is -2.14. The summed E-state index contributed by atoms with van der Waals surface area (Å²) >= 11 is 4.98. The summed E-state index contributed by atoms with van der Waals surface area (Å²) in [6.07, 6.45) is 0. The van der Waals surface area contributed by atoms with Crippen molar-refractivity contribution < 1.29 is 9.59 Å². The number of rotatable bonds is 6. The second kappa shape index (κ2) is 8.15. The Morgan fingerprint density at radius 2 is 1.91 bits per heavy atom. The van der Waals surface area contributed by atoms with Gasteiger partial charge in [0.25, 0.3) is 0 Å². The summed E-state index contributed by atoms with van der Waals surface area (Å²) < 4.78 is 1.04. The molecule has 0 bridgehead atoms. The van der Waals surface area contributed by atoms with Gasteiger partial charge in [0.2, 0.25) is 5.91 Å². The Morgan fingerprint density at radius 3 is 2.64 bits per heavy atom. The molecule has 2 aromatic carbocycles. The lowest BCUT2D eigenvalue weighted by molar-refractivity contribution is -0.113. The van der Waals surface area contributed by atoms with Gasteiger partial charge in [-0.25, -0.2) is 0 Å². The molecule has 0 aliphatic carbocycles. The Bertz CT molecular complexity index is 688. The number of thioether (sulfide) groups is 1. The zero-order chi connectivity index (χ0) is 15.9. The van der Waals surface area contributed by atoms with Crippen molar-refractivity contribution in [3.05, 3.63) is 64.1 Å². The minimum atomic E-state index is -0.0688. The Morgan fingerprint density at radius 1 is 1.14 bits per heavy atom. The molecule has 22 heavy (non-hydrogen) atoms. The largest absolute Gasteiger partial charge is 0.325 e. The molecule has 0 aromatic heterocycles. The van der Waals surface area contributed by atoms with E-state index in [1.165, 1.54) is 12.5 Å². The maximum atomic E-state index is 11.9. The second-order valence-corrected chi connectivity index (χ2v) is 6.71. The number of anilines is 1. The lowest BCUT2D eigenvalue weighted by Gasteiger charge is -2.06. The van der Waals surface area contributed by atoms with Crippen molar-refractivity contribution in [3.8, 4) is 0 Å². The fraction of sp³-hybridized carbons (Fsp3) is 0.176. The highest BCUT2D eigenvalue weighted by molar-refractivity contribution is 9.10. The van der Waals surface area contributed by atoms with Gasteiger partial charge in [-0.2, -0.15) is 0 Å². The van der Waals surface area contributed by atoms with Crippen molar-refractivity contribution in [2.45, 2.75) is 12.7 Å². The molecule has 2 rings (SSSR count). The SMILES string of the molecule is CC(=O)c1cccc(NC(=O)CSCc2cccc(Br)c2)c1. The third kappa shape index (κ3) is 5.31. The number of Topliss-reactive ketones (excluding diaryl/α,β-unsaturated/α-hetero) is 1. The third-order valence-corrected chi connectivity index (χ3v) is 4.44. The van der Waals surface area contributed by atoms with Gasteiger partial charge in [0.15, 0.2) is 5.78 Å². The molecule has 0 fully saturated rings. The van der Waals surface area contributed by atoms with Crippen molar-refractivity contribution in [3.63, 3.8) is 0 Å².